The highest BCUT2D eigenvalue weighted by Gasteiger charge is 2.31. The maximum Gasteiger partial charge on any atom is 0.265 e. The van der Waals surface area contributed by atoms with Crippen molar-refractivity contribution in [2.45, 2.75) is 18.7 Å². The third kappa shape index (κ3) is 3.58. The van der Waals surface area contributed by atoms with Crippen LogP contribution < -0.4 is 0 Å². The number of sulfonamides is 1. The number of aryl methyl sites for hydroxylation is 2. The van der Waals surface area contributed by atoms with Crippen LogP contribution in [0.15, 0.2) is 29.2 Å². The molecule has 134 valence electrons. The molecule has 3 rings (SSSR count). The van der Waals surface area contributed by atoms with Gasteiger partial charge < -0.3 is 4.90 Å². The van der Waals surface area contributed by atoms with E-state index in [1.54, 1.807) is 11.8 Å². The van der Waals surface area contributed by atoms with Crippen LogP contribution in [0.3, 0.4) is 0 Å². The van der Waals surface area contributed by atoms with Gasteiger partial charge in [-0.1, -0.05) is 0 Å². The van der Waals surface area contributed by atoms with E-state index in [1.165, 1.54) is 27.8 Å². The van der Waals surface area contributed by atoms with Crippen molar-refractivity contribution < 1.29 is 17.6 Å². The van der Waals surface area contributed by atoms with Crippen molar-refractivity contribution in [3.8, 4) is 0 Å². The Morgan fingerprint density at radius 2 is 1.72 bits per heavy atom. The van der Waals surface area contributed by atoms with Gasteiger partial charge in [0.1, 0.15) is 10.7 Å². The van der Waals surface area contributed by atoms with Gasteiger partial charge in [0.05, 0.1) is 15.6 Å². The first-order chi connectivity index (χ1) is 11.8. The fourth-order valence-electron chi connectivity index (χ4n) is 2.76. The van der Waals surface area contributed by atoms with E-state index in [-0.39, 0.29) is 23.9 Å². The summed E-state index contributed by atoms with van der Waals surface area (Å²) in [5.74, 6) is -0.591. The molecule has 0 unspecified atom stereocenters. The minimum atomic E-state index is -3.68. The summed E-state index contributed by atoms with van der Waals surface area (Å²) >= 11 is 1.35. The zero-order valence-electron chi connectivity index (χ0n) is 13.9. The van der Waals surface area contributed by atoms with Gasteiger partial charge in [0.15, 0.2) is 0 Å². The van der Waals surface area contributed by atoms with Crippen molar-refractivity contribution in [2.75, 3.05) is 26.2 Å². The van der Waals surface area contributed by atoms with Crippen molar-refractivity contribution in [1.82, 2.24) is 14.2 Å². The van der Waals surface area contributed by atoms with E-state index >= 15 is 0 Å². The third-order valence-corrected chi connectivity index (χ3v) is 7.05. The Bertz CT molecular complexity index is 886. The molecule has 1 saturated heterocycles. The van der Waals surface area contributed by atoms with Crippen LogP contribution >= 0.6 is 11.3 Å². The van der Waals surface area contributed by atoms with Crippen molar-refractivity contribution in [2.24, 2.45) is 0 Å². The third-order valence-electron chi connectivity index (χ3n) is 4.08. The van der Waals surface area contributed by atoms with Crippen LogP contribution in [-0.4, -0.2) is 54.7 Å². The first-order valence-electron chi connectivity index (χ1n) is 7.78. The zero-order chi connectivity index (χ0) is 18.2. The highest BCUT2D eigenvalue weighted by Crippen LogP contribution is 2.22. The van der Waals surface area contributed by atoms with E-state index in [4.69, 9.17) is 0 Å². The van der Waals surface area contributed by atoms with Crippen LogP contribution in [0.2, 0.25) is 0 Å². The molecule has 2 heterocycles. The number of hydrogen-bond acceptors (Lipinski definition) is 5. The SMILES string of the molecule is Cc1nc(C)c(C(=O)N2CCN(S(=O)(=O)c3ccc(F)cc3)CC2)s1. The second-order valence-electron chi connectivity index (χ2n) is 5.80. The lowest BCUT2D eigenvalue weighted by atomic mass is 10.3. The largest absolute Gasteiger partial charge is 0.335 e. The number of benzene rings is 1. The normalized spacial score (nSPS) is 16.2. The van der Waals surface area contributed by atoms with Gasteiger partial charge in [-0.05, 0) is 38.1 Å². The second kappa shape index (κ2) is 6.81. The molecule has 9 heteroatoms. The summed E-state index contributed by atoms with van der Waals surface area (Å²) in [5.41, 5.74) is 0.703. The number of thiazole rings is 1. The summed E-state index contributed by atoms with van der Waals surface area (Å²) in [4.78, 5) is 19.2. The predicted molar refractivity (Wildman–Crippen MR) is 92.7 cm³/mol. The summed E-state index contributed by atoms with van der Waals surface area (Å²) < 4.78 is 39.5. The van der Waals surface area contributed by atoms with E-state index in [9.17, 15) is 17.6 Å². The molecular formula is C16H18FN3O3S2. The number of hydrogen-bond donors (Lipinski definition) is 0. The Kier molecular flexibility index (Phi) is 4.90. The monoisotopic (exact) mass is 383 g/mol. The van der Waals surface area contributed by atoms with Crippen LogP contribution in [0.5, 0.6) is 0 Å². The number of aromatic nitrogens is 1. The number of amides is 1. The molecule has 1 fully saturated rings. The molecule has 0 saturated carbocycles. The molecular weight excluding hydrogens is 365 g/mol. The molecule has 0 aliphatic carbocycles. The first kappa shape index (κ1) is 18.0. The average Bonchev–Trinajstić information content (AvgIpc) is 2.93. The first-order valence-corrected chi connectivity index (χ1v) is 10.0. The molecule has 1 aliphatic rings. The number of piperazine rings is 1. The second-order valence-corrected chi connectivity index (χ2v) is 8.94. The van der Waals surface area contributed by atoms with Gasteiger partial charge in [0.25, 0.3) is 5.91 Å². The molecule has 1 aliphatic heterocycles. The number of carbonyl (C=O) groups is 1. The molecule has 1 aromatic carbocycles. The molecule has 25 heavy (non-hydrogen) atoms. The standard InChI is InChI=1S/C16H18FN3O3S2/c1-11-15(24-12(2)18-11)16(21)19-7-9-20(10-8-19)25(22,23)14-5-3-13(17)4-6-14/h3-6H,7-10H2,1-2H3. The van der Waals surface area contributed by atoms with Crippen molar-refractivity contribution in [1.29, 1.82) is 0 Å². The van der Waals surface area contributed by atoms with E-state index in [0.29, 0.717) is 23.7 Å². The molecule has 0 atom stereocenters. The van der Waals surface area contributed by atoms with Gasteiger partial charge in [0, 0.05) is 26.2 Å². The average molecular weight is 383 g/mol. The van der Waals surface area contributed by atoms with E-state index in [0.717, 1.165) is 17.1 Å². The zero-order valence-corrected chi connectivity index (χ0v) is 15.5. The molecule has 6 nitrogen and oxygen atoms in total. The number of rotatable bonds is 3. The van der Waals surface area contributed by atoms with E-state index in [2.05, 4.69) is 4.98 Å². The lowest BCUT2D eigenvalue weighted by Crippen LogP contribution is -2.50. The minimum Gasteiger partial charge on any atom is -0.335 e. The van der Waals surface area contributed by atoms with Crippen LogP contribution in [-0.2, 0) is 10.0 Å². The van der Waals surface area contributed by atoms with Crippen molar-refractivity contribution in [3.05, 3.63) is 45.7 Å². The fourth-order valence-corrected chi connectivity index (χ4v) is 5.07. The van der Waals surface area contributed by atoms with Gasteiger partial charge >= 0.3 is 0 Å². The topological polar surface area (TPSA) is 70.6 Å². The van der Waals surface area contributed by atoms with Gasteiger partial charge in [0.2, 0.25) is 10.0 Å². The van der Waals surface area contributed by atoms with Crippen LogP contribution in [0.1, 0.15) is 20.4 Å². The van der Waals surface area contributed by atoms with Crippen molar-refractivity contribution >= 4 is 27.3 Å². The molecule has 0 bridgehead atoms. The highest BCUT2D eigenvalue weighted by molar-refractivity contribution is 7.89. The quantitative estimate of drug-likeness (QED) is 0.813. The summed E-state index contributed by atoms with van der Waals surface area (Å²) in [6.07, 6.45) is 0. The maximum atomic E-state index is 13.0. The number of carbonyl (C=O) groups excluding carboxylic acids is 1. The smallest absolute Gasteiger partial charge is 0.265 e. The van der Waals surface area contributed by atoms with Gasteiger partial charge in [-0.3, -0.25) is 4.79 Å². The molecule has 0 spiro atoms. The van der Waals surface area contributed by atoms with Gasteiger partial charge in [-0.2, -0.15) is 4.31 Å². The highest BCUT2D eigenvalue weighted by atomic mass is 32.2. The molecule has 2 aromatic rings. The Morgan fingerprint density at radius 1 is 1.12 bits per heavy atom. The van der Waals surface area contributed by atoms with E-state index in [1.807, 2.05) is 6.92 Å². The lowest BCUT2D eigenvalue weighted by molar-refractivity contribution is 0.0702. The lowest BCUT2D eigenvalue weighted by Gasteiger charge is -2.33. The summed E-state index contributed by atoms with van der Waals surface area (Å²) in [6, 6.07) is 4.76. The molecule has 1 aromatic heterocycles. The Labute approximate surface area is 150 Å². The molecule has 0 radical (unpaired) electrons. The maximum absolute atomic E-state index is 13.0. The summed E-state index contributed by atoms with van der Waals surface area (Å²) in [5, 5.41) is 0.832. The number of nitrogens with zero attached hydrogens (tertiary/aromatic N) is 3. The van der Waals surface area contributed by atoms with Gasteiger partial charge in [-0.25, -0.2) is 17.8 Å². The predicted octanol–water partition coefficient (Wildman–Crippen LogP) is 2.05. The van der Waals surface area contributed by atoms with Crippen molar-refractivity contribution in [3.63, 3.8) is 0 Å². The van der Waals surface area contributed by atoms with E-state index < -0.39 is 15.8 Å². The van der Waals surface area contributed by atoms with Crippen LogP contribution in [0, 0.1) is 19.7 Å². The summed E-state index contributed by atoms with van der Waals surface area (Å²) in [6.45, 7) is 4.70. The molecule has 0 N–H and O–H groups in total. The fraction of sp³-hybridized carbons (Fsp3) is 0.375. The Hall–Kier alpha value is -1.84. The summed E-state index contributed by atoms with van der Waals surface area (Å²) in [7, 11) is -3.68. The van der Waals surface area contributed by atoms with Crippen LogP contribution in [0.4, 0.5) is 4.39 Å². The van der Waals surface area contributed by atoms with Crippen LogP contribution in [0.25, 0.3) is 0 Å². The Morgan fingerprint density at radius 3 is 2.24 bits per heavy atom. The Balaban J connectivity index is 1.70. The minimum absolute atomic E-state index is 0.0580. The molecule has 1 amide bonds. The number of halogens is 1. The van der Waals surface area contributed by atoms with Gasteiger partial charge in [-0.15, -0.1) is 11.3 Å².